The molecule has 0 unspecified atom stereocenters. The number of hydrogen-bond acceptors (Lipinski definition) is 4. The van der Waals surface area contributed by atoms with E-state index >= 15 is 0 Å². The van der Waals surface area contributed by atoms with E-state index in [1.54, 1.807) is 18.2 Å². The van der Waals surface area contributed by atoms with E-state index in [1.165, 1.54) is 18.2 Å². The van der Waals surface area contributed by atoms with Gasteiger partial charge < -0.3 is 9.47 Å². The topological polar surface area (TPSA) is 59.3 Å². The Morgan fingerprint density at radius 2 is 1.91 bits per heavy atom. The molecule has 0 saturated heterocycles. The van der Waals surface area contributed by atoms with Crippen LogP contribution in [-0.2, 0) is 4.79 Å². The molecule has 0 amide bonds. The van der Waals surface area contributed by atoms with Crippen LogP contribution in [0.15, 0.2) is 36.4 Å². The Labute approximate surface area is 137 Å². The van der Waals surface area contributed by atoms with Crippen LogP contribution in [0.3, 0.4) is 0 Å². The van der Waals surface area contributed by atoms with Crippen LogP contribution >= 0.6 is 23.2 Å². The number of nitrogens with zero attached hydrogens (tertiary/aromatic N) is 1. The van der Waals surface area contributed by atoms with Gasteiger partial charge in [-0.25, -0.2) is 4.79 Å². The fraction of sp³-hybridized carbons (Fsp3) is 0.125. The second-order valence-corrected chi connectivity index (χ2v) is 5.27. The van der Waals surface area contributed by atoms with Crippen molar-refractivity contribution in [1.29, 1.82) is 5.26 Å². The summed E-state index contributed by atoms with van der Waals surface area (Å²) >= 11 is 11.8. The highest BCUT2D eigenvalue weighted by Crippen LogP contribution is 2.26. The van der Waals surface area contributed by atoms with E-state index in [0.717, 1.165) is 5.56 Å². The van der Waals surface area contributed by atoms with Crippen LogP contribution in [0.1, 0.15) is 11.1 Å². The normalized spacial score (nSPS) is 9.91. The molecule has 22 heavy (non-hydrogen) atoms. The number of rotatable bonds is 4. The van der Waals surface area contributed by atoms with E-state index in [4.69, 9.17) is 37.9 Å². The summed E-state index contributed by atoms with van der Waals surface area (Å²) in [5.41, 5.74) is 1.20. The van der Waals surface area contributed by atoms with Crippen molar-refractivity contribution in [3.05, 3.63) is 57.6 Å². The van der Waals surface area contributed by atoms with Gasteiger partial charge >= 0.3 is 5.97 Å². The number of carbonyl (C=O) groups excluding carboxylic acids is 1. The van der Waals surface area contributed by atoms with Gasteiger partial charge in [-0.05, 0) is 48.9 Å². The van der Waals surface area contributed by atoms with Crippen molar-refractivity contribution in [2.45, 2.75) is 6.92 Å². The van der Waals surface area contributed by atoms with Crippen LogP contribution in [0.5, 0.6) is 11.5 Å². The first-order chi connectivity index (χ1) is 10.5. The first kappa shape index (κ1) is 16.2. The van der Waals surface area contributed by atoms with Gasteiger partial charge in [0.25, 0.3) is 0 Å². The summed E-state index contributed by atoms with van der Waals surface area (Å²) in [6.45, 7) is 1.56. The molecule has 112 valence electrons. The molecule has 2 rings (SSSR count). The van der Waals surface area contributed by atoms with E-state index in [0.29, 0.717) is 16.3 Å². The lowest BCUT2D eigenvalue weighted by Crippen LogP contribution is -2.18. The Hall–Kier alpha value is -2.22. The Balaban J connectivity index is 1.97. The molecule has 0 heterocycles. The van der Waals surface area contributed by atoms with E-state index in [9.17, 15) is 4.79 Å². The predicted molar refractivity (Wildman–Crippen MR) is 83.5 cm³/mol. The highest BCUT2D eigenvalue weighted by atomic mass is 35.5. The van der Waals surface area contributed by atoms with Crippen molar-refractivity contribution in [1.82, 2.24) is 0 Å². The number of ether oxygens (including phenoxy) is 2. The molecule has 0 radical (unpaired) electrons. The van der Waals surface area contributed by atoms with Crippen molar-refractivity contribution in [3.8, 4) is 17.6 Å². The summed E-state index contributed by atoms with van der Waals surface area (Å²) < 4.78 is 10.5. The minimum absolute atomic E-state index is 0.182. The molecule has 6 heteroatoms. The maximum Gasteiger partial charge on any atom is 0.349 e. The summed E-state index contributed by atoms with van der Waals surface area (Å²) in [7, 11) is 0. The molecule has 0 fully saturated rings. The molecule has 0 aliphatic carbocycles. The average molecular weight is 336 g/mol. The van der Waals surface area contributed by atoms with Gasteiger partial charge in [0.15, 0.2) is 6.61 Å². The van der Waals surface area contributed by atoms with Gasteiger partial charge in [-0.3, -0.25) is 0 Å². The van der Waals surface area contributed by atoms with Crippen LogP contribution in [-0.4, -0.2) is 12.6 Å². The van der Waals surface area contributed by atoms with Crippen molar-refractivity contribution in [3.63, 3.8) is 0 Å². The zero-order valence-electron chi connectivity index (χ0n) is 11.6. The molecule has 0 aliphatic rings. The number of carbonyl (C=O) groups is 1. The number of aryl methyl sites for hydroxylation is 1. The highest BCUT2D eigenvalue weighted by molar-refractivity contribution is 6.32. The third kappa shape index (κ3) is 4.14. The summed E-state index contributed by atoms with van der Waals surface area (Å²) in [4.78, 5) is 11.8. The molecule has 2 aromatic carbocycles. The lowest BCUT2D eigenvalue weighted by atomic mass is 10.2. The first-order valence-corrected chi connectivity index (χ1v) is 7.04. The Morgan fingerprint density at radius 1 is 1.18 bits per heavy atom. The molecule has 4 nitrogen and oxygen atoms in total. The minimum atomic E-state index is -0.596. The fourth-order valence-corrected chi connectivity index (χ4v) is 2.16. The lowest BCUT2D eigenvalue weighted by Gasteiger charge is -2.10. The summed E-state index contributed by atoms with van der Waals surface area (Å²) in [5.74, 6) is 0.135. The SMILES string of the molecule is Cc1cc(Cl)ccc1OCC(=O)Oc1ccc(C#N)cc1Cl. The lowest BCUT2D eigenvalue weighted by molar-refractivity contribution is -0.136. The summed E-state index contributed by atoms with van der Waals surface area (Å²) in [6.07, 6.45) is 0. The van der Waals surface area contributed by atoms with Gasteiger partial charge in [0.2, 0.25) is 0 Å². The number of nitriles is 1. The zero-order valence-corrected chi connectivity index (χ0v) is 13.1. The van der Waals surface area contributed by atoms with E-state index < -0.39 is 5.97 Å². The third-order valence-electron chi connectivity index (χ3n) is 2.77. The molecule has 0 N–H and O–H groups in total. The molecule has 0 saturated carbocycles. The van der Waals surface area contributed by atoms with Crippen LogP contribution in [0.4, 0.5) is 0 Å². The Morgan fingerprint density at radius 3 is 2.55 bits per heavy atom. The second-order valence-electron chi connectivity index (χ2n) is 4.43. The molecular formula is C16H11Cl2NO3. The van der Waals surface area contributed by atoms with Gasteiger partial charge in [0.1, 0.15) is 11.5 Å². The van der Waals surface area contributed by atoms with Gasteiger partial charge in [0, 0.05) is 5.02 Å². The van der Waals surface area contributed by atoms with Crippen molar-refractivity contribution in [2.24, 2.45) is 0 Å². The van der Waals surface area contributed by atoms with E-state index in [1.807, 2.05) is 13.0 Å². The molecule has 0 bridgehead atoms. The van der Waals surface area contributed by atoms with Crippen LogP contribution in [0.2, 0.25) is 10.0 Å². The number of benzene rings is 2. The maximum absolute atomic E-state index is 11.8. The molecule has 0 aliphatic heterocycles. The standard InChI is InChI=1S/C16H11Cl2NO3/c1-10-6-12(17)3-5-14(10)21-9-16(20)22-15-4-2-11(8-19)7-13(15)18/h2-7H,9H2,1H3. The molecule has 2 aromatic rings. The van der Waals surface area contributed by atoms with E-state index in [2.05, 4.69) is 0 Å². The number of halogens is 2. The van der Waals surface area contributed by atoms with Gasteiger partial charge in [-0.15, -0.1) is 0 Å². The van der Waals surface area contributed by atoms with Crippen molar-refractivity contribution < 1.29 is 14.3 Å². The smallest absolute Gasteiger partial charge is 0.349 e. The summed E-state index contributed by atoms with van der Waals surface area (Å²) in [5, 5.41) is 9.53. The quantitative estimate of drug-likeness (QED) is 0.621. The van der Waals surface area contributed by atoms with E-state index in [-0.39, 0.29) is 17.4 Å². The van der Waals surface area contributed by atoms with Gasteiger partial charge in [-0.2, -0.15) is 5.26 Å². The second kappa shape index (κ2) is 7.17. The van der Waals surface area contributed by atoms with Crippen molar-refractivity contribution in [2.75, 3.05) is 6.61 Å². The largest absolute Gasteiger partial charge is 0.482 e. The Kier molecular flexibility index (Phi) is 5.26. The molecule has 0 spiro atoms. The van der Waals surface area contributed by atoms with Crippen LogP contribution in [0.25, 0.3) is 0 Å². The predicted octanol–water partition coefficient (Wildman–Crippen LogP) is 4.16. The van der Waals surface area contributed by atoms with Gasteiger partial charge in [0.05, 0.1) is 16.7 Å². The summed E-state index contributed by atoms with van der Waals surface area (Å²) in [6, 6.07) is 11.4. The monoisotopic (exact) mass is 335 g/mol. The fourth-order valence-electron chi connectivity index (χ4n) is 1.72. The minimum Gasteiger partial charge on any atom is -0.482 e. The maximum atomic E-state index is 11.8. The third-order valence-corrected chi connectivity index (χ3v) is 3.30. The highest BCUT2D eigenvalue weighted by Gasteiger charge is 2.11. The van der Waals surface area contributed by atoms with Crippen molar-refractivity contribution >= 4 is 29.2 Å². The van der Waals surface area contributed by atoms with Crippen LogP contribution < -0.4 is 9.47 Å². The molecule has 0 atom stereocenters. The van der Waals surface area contributed by atoms with Crippen LogP contribution in [0, 0.1) is 18.3 Å². The number of hydrogen-bond donors (Lipinski definition) is 0. The van der Waals surface area contributed by atoms with Gasteiger partial charge in [-0.1, -0.05) is 23.2 Å². The first-order valence-electron chi connectivity index (χ1n) is 6.29. The average Bonchev–Trinajstić information content (AvgIpc) is 2.48. The number of esters is 1. The zero-order chi connectivity index (χ0) is 16.1. The molecule has 0 aromatic heterocycles. The Bertz CT molecular complexity index is 754. The molecular weight excluding hydrogens is 325 g/mol.